The SMILES string of the molecule is O=C(C=Cc1cccnc1)NC1CCN(c2cccc(F)c2)CC1. The van der Waals surface area contributed by atoms with Gasteiger partial charge in [-0.3, -0.25) is 9.78 Å². The molecule has 24 heavy (non-hydrogen) atoms. The molecule has 124 valence electrons. The maximum absolute atomic E-state index is 13.3. The molecule has 0 atom stereocenters. The van der Waals surface area contributed by atoms with Gasteiger partial charge in [0.1, 0.15) is 5.82 Å². The van der Waals surface area contributed by atoms with E-state index >= 15 is 0 Å². The number of piperidine rings is 1. The van der Waals surface area contributed by atoms with Crippen molar-refractivity contribution in [3.63, 3.8) is 0 Å². The van der Waals surface area contributed by atoms with Crippen LogP contribution < -0.4 is 10.2 Å². The Kier molecular flexibility index (Phi) is 5.21. The lowest BCUT2D eigenvalue weighted by Gasteiger charge is -2.33. The number of rotatable bonds is 4. The minimum atomic E-state index is -0.219. The lowest BCUT2D eigenvalue weighted by molar-refractivity contribution is -0.117. The molecular formula is C19H20FN3O. The van der Waals surface area contributed by atoms with Crippen molar-refractivity contribution < 1.29 is 9.18 Å². The first-order valence-electron chi connectivity index (χ1n) is 8.10. The van der Waals surface area contributed by atoms with E-state index in [-0.39, 0.29) is 17.8 Å². The number of pyridine rings is 1. The van der Waals surface area contributed by atoms with Gasteiger partial charge in [-0.25, -0.2) is 4.39 Å². The lowest BCUT2D eigenvalue weighted by atomic mass is 10.0. The predicted molar refractivity (Wildman–Crippen MR) is 93.0 cm³/mol. The van der Waals surface area contributed by atoms with Crippen molar-refractivity contribution in [3.05, 3.63) is 66.2 Å². The van der Waals surface area contributed by atoms with E-state index in [1.54, 1.807) is 30.6 Å². The molecule has 1 fully saturated rings. The molecule has 1 aliphatic rings. The summed E-state index contributed by atoms with van der Waals surface area (Å²) in [6, 6.07) is 10.5. The largest absolute Gasteiger partial charge is 0.371 e. The van der Waals surface area contributed by atoms with Gasteiger partial charge >= 0.3 is 0 Å². The van der Waals surface area contributed by atoms with Crippen LogP contribution in [0.1, 0.15) is 18.4 Å². The number of aromatic nitrogens is 1. The fourth-order valence-electron chi connectivity index (χ4n) is 2.85. The van der Waals surface area contributed by atoms with E-state index in [1.165, 1.54) is 12.1 Å². The standard InChI is InChI=1S/C19H20FN3O/c20-16-4-1-5-18(13-16)23-11-8-17(9-12-23)22-19(24)7-6-15-3-2-10-21-14-15/h1-7,10,13-14,17H,8-9,11-12H2,(H,22,24). The highest BCUT2D eigenvalue weighted by molar-refractivity contribution is 5.91. The topological polar surface area (TPSA) is 45.2 Å². The van der Waals surface area contributed by atoms with Crippen molar-refractivity contribution >= 4 is 17.7 Å². The van der Waals surface area contributed by atoms with Crippen LogP contribution in [0.15, 0.2) is 54.9 Å². The minimum absolute atomic E-state index is 0.0944. The van der Waals surface area contributed by atoms with Crippen LogP contribution in [0.4, 0.5) is 10.1 Å². The van der Waals surface area contributed by atoms with Gasteiger partial charge in [-0.2, -0.15) is 0 Å². The van der Waals surface area contributed by atoms with E-state index in [4.69, 9.17) is 0 Å². The average Bonchev–Trinajstić information content (AvgIpc) is 2.61. The molecule has 0 unspecified atom stereocenters. The molecule has 2 heterocycles. The summed E-state index contributed by atoms with van der Waals surface area (Å²) in [6.45, 7) is 1.61. The molecule has 1 N–H and O–H groups in total. The lowest BCUT2D eigenvalue weighted by Crippen LogP contribution is -2.44. The zero-order valence-corrected chi connectivity index (χ0v) is 13.4. The Hall–Kier alpha value is -2.69. The number of nitrogens with one attached hydrogen (secondary N) is 1. The van der Waals surface area contributed by atoms with E-state index in [0.29, 0.717) is 0 Å². The summed E-state index contributed by atoms with van der Waals surface area (Å²) in [5.41, 5.74) is 1.80. The molecule has 1 saturated heterocycles. The maximum Gasteiger partial charge on any atom is 0.244 e. The van der Waals surface area contributed by atoms with Gasteiger partial charge in [0.05, 0.1) is 0 Å². The molecule has 0 saturated carbocycles. The molecule has 2 aromatic rings. The van der Waals surface area contributed by atoms with Crippen molar-refractivity contribution in [2.24, 2.45) is 0 Å². The van der Waals surface area contributed by atoms with Gasteiger partial charge in [-0.15, -0.1) is 0 Å². The zero-order valence-electron chi connectivity index (χ0n) is 13.4. The Morgan fingerprint density at radius 1 is 1.25 bits per heavy atom. The van der Waals surface area contributed by atoms with Crippen LogP contribution in [0.2, 0.25) is 0 Å². The monoisotopic (exact) mass is 325 g/mol. The van der Waals surface area contributed by atoms with E-state index in [2.05, 4.69) is 15.2 Å². The molecule has 0 bridgehead atoms. The number of halogens is 1. The van der Waals surface area contributed by atoms with Gasteiger partial charge in [0.25, 0.3) is 0 Å². The van der Waals surface area contributed by atoms with Crippen LogP contribution in [0.25, 0.3) is 6.08 Å². The van der Waals surface area contributed by atoms with Crippen molar-refractivity contribution in [1.82, 2.24) is 10.3 Å². The molecule has 4 nitrogen and oxygen atoms in total. The molecule has 3 rings (SSSR count). The van der Waals surface area contributed by atoms with Crippen molar-refractivity contribution in [1.29, 1.82) is 0 Å². The third-order valence-corrected chi connectivity index (χ3v) is 4.13. The van der Waals surface area contributed by atoms with E-state index in [0.717, 1.165) is 37.2 Å². The van der Waals surface area contributed by atoms with Gasteiger partial charge in [-0.05, 0) is 48.7 Å². The molecule has 1 aromatic carbocycles. The molecule has 5 heteroatoms. The molecule has 0 spiro atoms. The van der Waals surface area contributed by atoms with Gasteiger partial charge in [0, 0.05) is 43.3 Å². The second-order valence-corrected chi connectivity index (χ2v) is 5.87. The number of anilines is 1. The first-order chi connectivity index (χ1) is 11.7. The van der Waals surface area contributed by atoms with Crippen LogP contribution in [0, 0.1) is 5.82 Å². The van der Waals surface area contributed by atoms with E-state index in [9.17, 15) is 9.18 Å². The number of hydrogen-bond donors (Lipinski definition) is 1. The van der Waals surface area contributed by atoms with Crippen LogP contribution in [0.3, 0.4) is 0 Å². The quantitative estimate of drug-likeness (QED) is 0.879. The fraction of sp³-hybridized carbons (Fsp3) is 0.263. The van der Waals surface area contributed by atoms with Gasteiger partial charge in [-0.1, -0.05) is 12.1 Å². The Balaban J connectivity index is 1.48. The second-order valence-electron chi connectivity index (χ2n) is 5.87. The minimum Gasteiger partial charge on any atom is -0.371 e. The highest BCUT2D eigenvalue weighted by Crippen LogP contribution is 2.20. The average molecular weight is 325 g/mol. The molecule has 1 aromatic heterocycles. The number of nitrogens with zero attached hydrogens (tertiary/aromatic N) is 2. The van der Waals surface area contributed by atoms with Crippen LogP contribution in [0.5, 0.6) is 0 Å². The summed E-state index contributed by atoms with van der Waals surface area (Å²) in [5.74, 6) is -0.313. The Morgan fingerprint density at radius 3 is 2.79 bits per heavy atom. The molecule has 0 aliphatic carbocycles. The molecule has 0 radical (unpaired) electrons. The van der Waals surface area contributed by atoms with Crippen molar-refractivity contribution in [2.75, 3.05) is 18.0 Å². The van der Waals surface area contributed by atoms with Crippen LogP contribution >= 0.6 is 0 Å². The molecule has 1 amide bonds. The van der Waals surface area contributed by atoms with E-state index in [1.807, 2.05) is 18.2 Å². The summed E-state index contributed by atoms with van der Waals surface area (Å²) < 4.78 is 13.3. The maximum atomic E-state index is 13.3. The summed E-state index contributed by atoms with van der Waals surface area (Å²) in [6.07, 6.45) is 8.40. The number of carbonyl (C=O) groups is 1. The summed E-state index contributed by atoms with van der Waals surface area (Å²) in [5, 5.41) is 3.03. The van der Waals surface area contributed by atoms with E-state index < -0.39 is 0 Å². The third kappa shape index (κ3) is 4.41. The highest BCUT2D eigenvalue weighted by atomic mass is 19.1. The van der Waals surface area contributed by atoms with Crippen LogP contribution in [-0.4, -0.2) is 30.0 Å². The van der Waals surface area contributed by atoms with Gasteiger partial charge in [0.15, 0.2) is 0 Å². The second kappa shape index (κ2) is 7.73. The summed E-state index contributed by atoms with van der Waals surface area (Å²) >= 11 is 0. The van der Waals surface area contributed by atoms with Crippen molar-refractivity contribution in [3.8, 4) is 0 Å². The smallest absolute Gasteiger partial charge is 0.244 e. The highest BCUT2D eigenvalue weighted by Gasteiger charge is 2.20. The third-order valence-electron chi connectivity index (χ3n) is 4.13. The first kappa shape index (κ1) is 16.2. The molecule has 1 aliphatic heterocycles. The Labute approximate surface area is 141 Å². The zero-order chi connectivity index (χ0) is 16.8. The summed E-state index contributed by atoms with van der Waals surface area (Å²) in [7, 11) is 0. The van der Waals surface area contributed by atoms with Crippen LogP contribution in [-0.2, 0) is 4.79 Å². The number of hydrogen-bond acceptors (Lipinski definition) is 3. The Morgan fingerprint density at radius 2 is 2.08 bits per heavy atom. The number of carbonyl (C=O) groups excluding carboxylic acids is 1. The normalized spacial score (nSPS) is 15.6. The predicted octanol–water partition coefficient (Wildman–Crippen LogP) is 3.02. The van der Waals surface area contributed by atoms with Gasteiger partial charge < -0.3 is 10.2 Å². The van der Waals surface area contributed by atoms with Crippen molar-refractivity contribution in [2.45, 2.75) is 18.9 Å². The molecular weight excluding hydrogens is 305 g/mol. The number of amides is 1. The number of benzene rings is 1. The summed E-state index contributed by atoms with van der Waals surface area (Å²) in [4.78, 5) is 18.2. The first-order valence-corrected chi connectivity index (χ1v) is 8.10. The Bertz CT molecular complexity index is 710. The van der Waals surface area contributed by atoms with Gasteiger partial charge in [0.2, 0.25) is 5.91 Å². The fourth-order valence-corrected chi connectivity index (χ4v) is 2.85.